The van der Waals surface area contributed by atoms with Crippen LogP contribution in [0.1, 0.15) is 31.7 Å². The van der Waals surface area contributed by atoms with Gasteiger partial charge >= 0.3 is 0 Å². The van der Waals surface area contributed by atoms with E-state index in [9.17, 15) is 8.42 Å². The van der Waals surface area contributed by atoms with Crippen LogP contribution in [0.4, 0.5) is 0 Å². The van der Waals surface area contributed by atoms with E-state index < -0.39 is 10.0 Å². The van der Waals surface area contributed by atoms with Crippen LogP contribution in [0.5, 0.6) is 0 Å². The van der Waals surface area contributed by atoms with E-state index in [1.54, 1.807) is 6.07 Å². The molecule has 1 heterocycles. The molecule has 110 valence electrons. The van der Waals surface area contributed by atoms with Crippen molar-refractivity contribution in [3.63, 3.8) is 0 Å². The molecule has 0 saturated carbocycles. The van der Waals surface area contributed by atoms with Crippen molar-refractivity contribution in [3.8, 4) is 0 Å². The lowest BCUT2D eigenvalue weighted by molar-refractivity contribution is 0.379. The summed E-state index contributed by atoms with van der Waals surface area (Å²) in [4.78, 5) is 0.247. The molecule has 1 aromatic rings. The Morgan fingerprint density at radius 1 is 1.55 bits per heavy atom. The van der Waals surface area contributed by atoms with Gasteiger partial charge in [0.1, 0.15) is 9.88 Å². The van der Waals surface area contributed by atoms with E-state index in [1.165, 1.54) is 16.4 Å². The Morgan fingerprint density at radius 3 is 2.85 bits per heavy atom. The molecule has 1 atom stereocenters. The molecular weight excluding hydrogens is 316 g/mol. The second-order valence-corrected chi connectivity index (χ2v) is 7.54. The summed E-state index contributed by atoms with van der Waals surface area (Å²) in [5.74, 6) is 0. The molecule has 0 bridgehead atoms. The molecule has 2 N–H and O–H groups in total. The molecule has 4 nitrogen and oxygen atoms in total. The SMILES string of the molecule is CCC1CCCN1S(=O)(=O)c1cc(C(N)=S)ccc1Cl. The van der Waals surface area contributed by atoms with E-state index in [2.05, 4.69) is 0 Å². The zero-order valence-electron chi connectivity index (χ0n) is 11.2. The number of hydrogen-bond donors (Lipinski definition) is 1. The second-order valence-electron chi connectivity index (χ2n) is 4.83. The van der Waals surface area contributed by atoms with Gasteiger partial charge in [-0.15, -0.1) is 0 Å². The van der Waals surface area contributed by atoms with Crippen molar-refractivity contribution in [2.24, 2.45) is 5.73 Å². The number of nitrogens with two attached hydrogens (primary N) is 1. The molecule has 1 unspecified atom stereocenters. The highest BCUT2D eigenvalue weighted by Crippen LogP contribution is 2.31. The Labute approximate surface area is 130 Å². The lowest BCUT2D eigenvalue weighted by Crippen LogP contribution is -2.35. The fourth-order valence-electron chi connectivity index (χ4n) is 2.51. The summed E-state index contributed by atoms with van der Waals surface area (Å²) in [5, 5.41) is 0.201. The zero-order chi connectivity index (χ0) is 14.9. The van der Waals surface area contributed by atoms with Gasteiger partial charge < -0.3 is 5.73 Å². The van der Waals surface area contributed by atoms with Gasteiger partial charge in [0.2, 0.25) is 10.0 Å². The van der Waals surface area contributed by atoms with Gasteiger partial charge in [0.25, 0.3) is 0 Å². The summed E-state index contributed by atoms with van der Waals surface area (Å²) in [7, 11) is -3.60. The lowest BCUT2D eigenvalue weighted by Gasteiger charge is -2.23. The van der Waals surface area contributed by atoms with Crippen molar-refractivity contribution in [2.75, 3.05) is 6.54 Å². The van der Waals surface area contributed by atoms with Gasteiger partial charge in [-0.2, -0.15) is 4.31 Å². The molecule has 0 aliphatic carbocycles. The Bertz CT molecular complexity index is 631. The molecule has 1 saturated heterocycles. The lowest BCUT2D eigenvalue weighted by atomic mass is 10.2. The maximum Gasteiger partial charge on any atom is 0.244 e. The standard InChI is InChI=1S/C13H17ClN2O2S2/c1-2-10-4-3-7-16(10)20(17,18)12-8-9(13(15)19)5-6-11(12)14/h5-6,8,10H,2-4,7H2,1H3,(H2,15,19). The first-order valence-electron chi connectivity index (χ1n) is 6.49. The fourth-order valence-corrected chi connectivity index (χ4v) is 4.91. The molecule has 1 aliphatic heterocycles. The third-order valence-electron chi connectivity index (χ3n) is 3.60. The highest BCUT2D eigenvalue weighted by atomic mass is 35.5. The number of nitrogens with zero attached hydrogens (tertiary/aromatic N) is 1. The summed E-state index contributed by atoms with van der Waals surface area (Å²) < 4.78 is 27.1. The van der Waals surface area contributed by atoms with E-state index in [-0.39, 0.29) is 20.9 Å². The van der Waals surface area contributed by atoms with E-state index in [4.69, 9.17) is 29.6 Å². The van der Waals surface area contributed by atoms with Crippen LogP contribution in [-0.2, 0) is 10.0 Å². The summed E-state index contributed by atoms with van der Waals surface area (Å²) >= 11 is 11.0. The summed E-state index contributed by atoms with van der Waals surface area (Å²) in [6.07, 6.45) is 2.57. The third-order valence-corrected chi connectivity index (χ3v) is 6.27. The molecule has 0 spiro atoms. The maximum atomic E-state index is 12.8. The fraction of sp³-hybridized carbons (Fsp3) is 0.462. The molecular formula is C13H17ClN2O2S2. The Morgan fingerprint density at radius 2 is 2.25 bits per heavy atom. The van der Waals surface area contributed by atoms with Gasteiger partial charge in [-0.3, -0.25) is 0 Å². The van der Waals surface area contributed by atoms with Gasteiger partial charge in [0.05, 0.1) is 5.02 Å². The highest BCUT2D eigenvalue weighted by Gasteiger charge is 2.35. The molecule has 2 rings (SSSR count). The second kappa shape index (κ2) is 5.97. The van der Waals surface area contributed by atoms with E-state index in [1.807, 2.05) is 6.92 Å². The largest absolute Gasteiger partial charge is 0.389 e. The average molecular weight is 333 g/mol. The molecule has 0 aromatic heterocycles. The number of thiocarbonyl (C=S) groups is 1. The van der Waals surface area contributed by atoms with Crippen LogP contribution in [0.25, 0.3) is 0 Å². The van der Waals surface area contributed by atoms with Gasteiger partial charge in [0, 0.05) is 18.2 Å². The predicted octanol–water partition coefficient (Wildman–Crippen LogP) is 2.54. The number of hydrogen-bond acceptors (Lipinski definition) is 3. The Kier molecular flexibility index (Phi) is 4.69. The Hall–Kier alpha value is -0.690. The third kappa shape index (κ3) is 2.83. The molecule has 7 heteroatoms. The molecule has 20 heavy (non-hydrogen) atoms. The van der Waals surface area contributed by atoms with E-state index >= 15 is 0 Å². The van der Waals surface area contributed by atoms with Crippen LogP contribution in [0.2, 0.25) is 5.02 Å². The minimum absolute atomic E-state index is 0.0459. The van der Waals surface area contributed by atoms with Crippen molar-refractivity contribution in [2.45, 2.75) is 37.1 Å². The molecule has 1 fully saturated rings. The van der Waals surface area contributed by atoms with Gasteiger partial charge in [-0.05, 0) is 31.4 Å². The van der Waals surface area contributed by atoms with Gasteiger partial charge in [0.15, 0.2) is 0 Å². The predicted molar refractivity (Wildman–Crippen MR) is 84.5 cm³/mol. The average Bonchev–Trinajstić information content (AvgIpc) is 2.87. The number of rotatable bonds is 4. The number of benzene rings is 1. The van der Waals surface area contributed by atoms with Crippen LogP contribution in [-0.4, -0.2) is 30.3 Å². The minimum Gasteiger partial charge on any atom is -0.389 e. The quantitative estimate of drug-likeness (QED) is 0.861. The first-order valence-corrected chi connectivity index (χ1v) is 8.71. The highest BCUT2D eigenvalue weighted by molar-refractivity contribution is 7.89. The summed E-state index contributed by atoms with van der Waals surface area (Å²) in [6, 6.07) is 4.67. The first kappa shape index (κ1) is 15.7. The first-order chi connectivity index (χ1) is 9.37. The van der Waals surface area contributed by atoms with Crippen LogP contribution in [0, 0.1) is 0 Å². The topological polar surface area (TPSA) is 63.4 Å². The number of halogens is 1. The summed E-state index contributed by atoms with van der Waals surface area (Å²) in [5.41, 5.74) is 6.07. The van der Waals surface area contributed by atoms with Crippen LogP contribution in [0.3, 0.4) is 0 Å². The smallest absolute Gasteiger partial charge is 0.244 e. The monoisotopic (exact) mass is 332 g/mol. The zero-order valence-corrected chi connectivity index (χ0v) is 13.6. The van der Waals surface area contributed by atoms with Crippen molar-refractivity contribution in [1.29, 1.82) is 0 Å². The van der Waals surface area contributed by atoms with Crippen molar-refractivity contribution in [1.82, 2.24) is 4.31 Å². The molecule has 0 amide bonds. The van der Waals surface area contributed by atoms with Crippen LogP contribution in [0.15, 0.2) is 23.1 Å². The van der Waals surface area contributed by atoms with E-state index in [0.717, 1.165) is 19.3 Å². The van der Waals surface area contributed by atoms with Gasteiger partial charge in [-0.1, -0.05) is 36.8 Å². The van der Waals surface area contributed by atoms with Crippen molar-refractivity contribution < 1.29 is 8.42 Å². The van der Waals surface area contributed by atoms with Crippen LogP contribution >= 0.6 is 23.8 Å². The van der Waals surface area contributed by atoms with Crippen LogP contribution < -0.4 is 5.73 Å². The van der Waals surface area contributed by atoms with E-state index in [0.29, 0.717) is 12.1 Å². The molecule has 0 radical (unpaired) electrons. The maximum absolute atomic E-state index is 12.8. The molecule has 1 aliphatic rings. The molecule has 1 aromatic carbocycles. The summed E-state index contributed by atoms with van der Waals surface area (Å²) in [6.45, 7) is 2.53. The van der Waals surface area contributed by atoms with Gasteiger partial charge in [-0.25, -0.2) is 8.42 Å². The normalized spacial score (nSPS) is 20.2. The van der Waals surface area contributed by atoms with Crippen molar-refractivity contribution >= 4 is 38.8 Å². The number of sulfonamides is 1. The Balaban J connectivity index is 2.48. The minimum atomic E-state index is -3.60. The van der Waals surface area contributed by atoms with Crippen molar-refractivity contribution in [3.05, 3.63) is 28.8 Å².